The number of ether oxygens (including phenoxy) is 1. The number of para-hydroxylation sites is 1. The van der Waals surface area contributed by atoms with E-state index < -0.39 is 0 Å². The Balaban J connectivity index is 2.22. The summed E-state index contributed by atoms with van der Waals surface area (Å²) in [6.45, 7) is 3.77. The third kappa shape index (κ3) is 3.42. The molecule has 1 aromatic heterocycles. The molecule has 112 valence electrons. The normalized spacial score (nSPS) is 10.4. The van der Waals surface area contributed by atoms with Crippen molar-refractivity contribution in [2.24, 2.45) is 0 Å². The van der Waals surface area contributed by atoms with Crippen molar-refractivity contribution in [3.8, 4) is 0 Å². The molecular formula is C16H21N3O2. The molecule has 0 saturated heterocycles. The summed E-state index contributed by atoms with van der Waals surface area (Å²) in [5, 5.41) is 0. The Morgan fingerprint density at radius 1 is 1.38 bits per heavy atom. The first-order valence-corrected chi connectivity index (χ1v) is 7.04. The van der Waals surface area contributed by atoms with Crippen molar-refractivity contribution < 1.29 is 9.53 Å². The van der Waals surface area contributed by atoms with Crippen molar-refractivity contribution in [3.63, 3.8) is 0 Å². The minimum atomic E-state index is -0.320. The predicted octanol–water partition coefficient (Wildman–Crippen LogP) is 2.72. The van der Waals surface area contributed by atoms with Gasteiger partial charge in [0.05, 0.1) is 36.9 Å². The van der Waals surface area contributed by atoms with Crippen LogP contribution in [0.25, 0.3) is 0 Å². The van der Waals surface area contributed by atoms with Crippen LogP contribution in [-0.2, 0) is 17.8 Å². The lowest BCUT2D eigenvalue weighted by molar-refractivity contribution is 0.0601. The molecule has 0 saturated carbocycles. The minimum absolute atomic E-state index is 0.320. The van der Waals surface area contributed by atoms with Crippen LogP contribution in [0.2, 0.25) is 0 Å². The van der Waals surface area contributed by atoms with Crippen molar-refractivity contribution in [3.05, 3.63) is 48.0 Å². The molecule has 0 atom stereocenters. The molecule has 2 aromatic rings. The van der Waals surface area contributed by atoms with Crippen molar-refractivity contribution in [1.29, 1.82) is 0 Å². The fourth-order valence-corrected chi connectivity index (χ4v) is 2.34. The van der Waals surface area contributed by atoms with E-state index in [1.165, 1.54) is 7.11 Å². The van der Waals surface area contributed by atoms with Crippen LogP contribution in [-0.4, -0.2) is 29.7 Å². The van der Waals surface area contributed by atoms with Gasteiger partial charge in [-0.3, -0.25) is 0 Å². The minimum Gasteiger partial charge on any atom is -0.465 e. The van der Waals surface area contributed by atoms with Crippen LogP contribution >= 0.6 is 0 Å². The van der Waals surface area contributed by atoms with E-state index in [1.54, 1.807) is 6.07 Å². The molecule has 0 aliphatic heterocycles. The average Bonchev–Trinajstić information content (AvgIpc) is 2.94. The van der Waals surface area contributed by atoms with Gasteiger partial charge in [-0.05, 0) is 18.6 Å². The number of carbonyl (C=O) groups is 1. The van der Waals surface area contributed by atoms with Gasteiger partial charge in [-0.2, -0.15) is 0 Å². The van der Waals surface area contributed by atoms with Crippen LogP contribution in [0.1, 0.15) is 29.4 Å². The van der Waals surface area contributed by atoms with E-state index in [2.05, 4.69) is 16.5 Å². The van der Waals surface area contributed by atoms with E-state index in [0.29, 0.717) is 12.1 Å². The van der Waals surface area contributed by atoms with E-state index in [1.807, 2.05) is 42.7 Å². The second-order valence-corrected chi connectivity index (χ2v) is 4.94. The van der Waals surface area contributed by atoms with Gasteiger partial charge < -0.3 is 14.2 Å². The summed E-state index contributed by atoms with van der Waals surface area (Å²) in [6, 6.07) is 7.46. The summed E-state index contributed by atoms with van der Waals surface area (Å²) in [6.07, 6.45) is 4.78. The highest BCUT2D eigenvalue weighted by Crippen LogP contribution is 2.21. The predicted molar refractivity (Wildman–Crippen MR) is 82.4 cm³/mol. The van der Waals surface area contributed by atoms with Crippen LogP contribution in [0.3, 0.4) is 0 Å². The number of benzene rings is 1. The monoisotopic (exact) mass is 287 g/mol. The van der Waals surface area contributed by atoms with Gasteiger partial charge in [0, 0.05) is 19.8 Å². The quantitative estimate of drug-likeness (QED) is 0.766. The molecule has 0 spiro atoms. The Kier molecular flexibility index (Phi) is 4.98. The second kappa shape index (κ2) is 6.92. The largest absolute Gasteiger partial charge is 0.465 e. The second-order valence-electron chi connectivity index (χ2n) is 4.94. The Hall–Kier alpha value is -2.30. The Bertz CT molecular complexity index is 607. The fraction of sp³-hybridized carbons (Fsp3) is 0.375. The number of aromatic nitrogens is 2. The van der Waals surface area contributed by atoms with Crippen molar-refractivity contribution >= 4 is 11.7 Å². The summed E-state index contributed by atoms with van der Waals surface area (Å²) in [4.78, 5) is 18.1. The van der Waals surface area contributed by atoms with Crippen molar-refractivity contribution in [2.75, 3.05) is 19.1 Å². The molecule has 0 aliphatic rings. The van der Waals surface area contributed by atoms with Gasteiger partial charge in [-0.15, -0.1) is 0 Å². The molecule has 0 amide bonds. The number of nitrogens with zero attached hydrogens (tertiary/aromatic N) is 3. The first-order valence-electron chi connectivity index (χ1n) is 7.04. The SMILES string of the molecule is CCCn1cncc1CN(C)c1ccccc1C(=O)OC. The van der Waals surface area contributed by atoms with Crippen LogP contribution in [0.5, 0.6) is 0 Å². The summed E-state index contributed by atoms with van der Waals surface area (Å²) < 4.78 is 6.98. The Morgan fingerprint density at radius 3 is 2.86 bits per heavy atom. The van der Waals surface area contributed by atoms with Gasteiger partial charge in [0.25, 0.3) is 0 Å². The van der Waals surface area contributed by atoms with Crippen LogP contribution in [0, 0.1) is 0 Å². The third-order valence-electron chi connectivity index (χ3n) is 3.38. The Morgan fingerprint density at radius 2 is 2.14 bits per heavy atom. The zero-order valence-corrected chi connectivity index (χ0v) is 12.7. The van der Waals surface area contributed by atoms with Gasteiger partial charge in [0.1, 0.15) is 0 Å². The van der Waals surface area contributed by atoms with Crippen LogP contribution in [0.15, 0.2) is 36.8 Å². The topological polar surface area (TPSA) is 47.4 Å². The summed E-state index contributed by atoms with van der Waals surface area (Å²) >= 11 is 0. The van der Waals surface area contributed by atoms with Crippen molar-refractivity contribution in [2.45, 2.75) is 26.4 Å². The smallest absolute Gasteiger partial charge is 0.339 e. The van der Waals surface area contributed by atoms with E-state index in [-0.39, 0.29) is 5.97 Å². The molecular weight excluding hydrogens is 266 g/mol. The van der Waals surface area contributed by atoms with E-state index >= 15 is 0 Å². The lowest BCUT2D eigenvalue weighted by Gasteiger charge is -2.22. The molecule has 1 heterocycles. The first-order chi connectivity index (χ1) is 10.2. The van der Waals surface area contributed by atoms with Gasteiger partial charge in [0.2, 0.25) is 0 Å². The third-order valence-corrected chi connectivity index (χ3v) is 3.38. The number of hydrogen-bond donors (Lipinski definition) is 0. The standard InChI is InChI=1S/C16H21N3O2/c1-4-9-19-12-17-10-13(19)11-18(2)15-8-6-5-7-14(15)16(20)21-3/h5-8,10,12H,4,9,11H2,1-3H3. The summed E-state index contributed by atoms with van der Waals surface area (Å²) in [5.41, 5.74) is 2.55. The molecule has 2 rings (SSSR count). The van der Waals surface area contributed by atoms with E-state index in [4.69, 9.17) is 4.74 Å². The molecule has 0 N–H and O–H groups in total. The number of esters is 1. The zero-order chi connectivity index (χ0) is 15.2. The zero-order valence-electron chi connectivity index (χ0n) is 12.7. The highest BCUT2D eigenvalue weighted by Gasteiger charge is 2.15. The summed E-state index contributed by atoms with van der Waals surface area (Å²) in [5.74, 6) is -0.320. The molecule has 5 heteroatoms. The number of aryl methyl sites for hydroxylation is 1. The molecule has 1 aromatic carbocycles. The molecule has 0 bridgehead atoms. The molecule has 21 heavy (non-hydrogen) atoms. The van der Waals surface area contributed by atoms with Gasteiger partial charge in [-0.1, -0.05) is 19.1 Å². The number of methoxy groups -OCH3 is 1. The highest BCUT2D eigenvalue weighted by atomic mass is 16.5. The lowest BCUT2D eigenvalue weighted by atomic mass is 10.1. The maximum Gasteiger partial charge on any atom is 0.339 e. The number of carbonyl (C=O) groups excluding carboxylic acids is 1. The molecule has 0 radical (unpaired) electrons. The van der Waals surface area contributed by atoms with Gasteiger partial charge >= 0.3 is 5.97 Å². The molecule has 5 nitrogen and oxygen atoms in total. The maximum absolute atomic E-state index is 11.8. The lowest BCUT2D eigenvalue weighted by Crippen LogP contribution is -2.21. The highest BCUT2D eigenvalue weighted by molar-refractivity contribution is 5.95. The molecule has 0 aliphatic carbocycles. The van der Waals surface area contributed by atoms with Gasteiger partial charge in [0.15, 0.2) is 0 Å². The number of hydrogen-bond acceptors (Lipinski definition) is 4. The van der Waals surface area contributed by atoms with Crippen LogP contribution in [0.4, 0.5) is 5.69 Å². The average molecular weight is 287 g/mol. The molecule has 0 fully saturated rings. The molecule has 0 unspecified atom stereocenters. The fourth-order valence-electron chi connectivity index (χ4n) is 2.34. The number of anilines is 1. The van der Waals surface area contributed by atoms with E-state index in [0.717, 1.165) is 24.3 Å². The Labute approximate surface area is 125 Å². The van der Waals surface area contributed by atoms with E-state index in [9.17, 15) is 4.79 Å². The number of imidazole rings is 1. The van der Waals surface area contributed by atoms with Crippen molar-refractivity contribution in [1.82, 2.24) is 9.55 Å². The summed E-state index contributed by atoms with van der Waals surface area (Å²) in [7, 11) is 3.36. The first kappa shape index (κ1) is 15.1. The number of rotatable bonds is 6. The van der Waals surface area contributed by atoms with Crippen LogP contribution < -0.4 is 4.90 Å². The maximum atomic E-state index is 11.8. The van der Waals surface area contributed by atoms with Gasteiger partial charge in [-0.25, -0.2) is 9.78 Å².